The zero-order valence-electron chi connectivity index (χ0n) is 18.4. The van der Waals surface area contributed by atoms with Crippen LogP contribution in [-0.4, -0.2) is 44.7 Å². The number of allylic oxidation sites excluding steroid dienone is 1. The third-order valence-corrected chi connectivity index (χ3v) is 7.21. The van der Waals surface area contributed by atoms with Gasteiger partial charge in [-0.3, -0.25) is 19.5 Å². The van der Waals surface area contributed by atoms with E-state index in [9.17, 15) is 14.7 Å². The molecular formula is C25H30N4O3. The van der Waals surface area contributed by atoms with E-state index in [1.165, 1.54) is 12.8 Å². The highest BCUT2D eigenvalue weighted by molar-refractivity contribution is 5.83. The second-order valence-corrected chi connectivity index (χ2v) is 9.25. The molecule has 2 fully saturated rings. The number of amides is 1. The molecule has 0 bridgehead atoms. The molecule has 2 N–H and O–H groups in total. The largest absolute Gasteiger partial charge is 0.396 e. The molecule has 1 aliphatic carbocycles. The molecule has 2 aromatic heterocycles. The smallest absolute Gasteiger partial charge is 0.258 e. The van der Waals surface area contributed by atoms with Gasteiger partial charge in [-0.05, 0) is 55.5 Å². The van der Waals surface area contributed by atoms with E-state index in [1.54, 1.807) is 12.4 Å². The molecule has 7 heteroatoms. The number of pyridine rings is 2. The van der Waals surface area contributed by atoms with E-state index in [2.05, 4.69) is 15.2 Å². The summed E-state index contributed by atoms with van der Waals surface area (Å²) in [5.74, 6) is 0.349. The van der Waals surface area contributed by atoms with Crippen LogP contribution in [0.5, 0.6) is 0 Å². The van der Waals surface area contributed by atoms with Crippen molar-refractivity contribution >= 4 is 12.0 Å². The molecule has 2 aliphatic heterocycles. The summed E-state index contributed by atoms with van der Waals surface area (Å²) in [4.78, 5) is 32.7. The van der Waals surface area contributed by atoms with Gasteiger partial charge in [0.25, 0.3) is 5.56 Å². The van der Waals surface area contributed by atoms with E-state index in [0.29, 0.717) is 31.1 Å². The van der Waals surface area contributed by atoms with E-state index < -0.39 is 6.04 Å². The molecule has 4 atom stereocenters. The SMILES string of the molecule is C/C=C\c1ccc2n(c1=O)C[C@H]1[C@H](CO)[C@@H](C(=O)NCC3CC3)N(Cc3ccncc3)[C@@H]21. The summed E-state index contributed by atoms with van der Waals surface area (Å²) in [6, 6.07) is 7.27. The van der Waals surface area contributed by atoms with Crippen LogP contribution in [-0.2, 0) is 17.9 Å². The lowest BCUT2D eigenvalue weighted by Gasteiger charge is -2.31. The third kappa shape index (κ3) is 3.69. The summed E-state index contributed by atoms with van der Waals surface area (Å²) in [5.41, 5.74) is 2.64. The lowest BCUT2D eigenvalue weighted by Crippen LogP contribution is -2.48. The van der Waals surface area contributed by atoms with Gasteiger partial charge in [-0.15, -0.1) is 0 Å². The zero-order chi connectivity index (χ0) is 22.2. The minimum absolute atomic E-state index is 0.00654. The molecule has 1 amide bonds. The number of aromatic nitrogens is 2. The molecule has 0 radical (unpaired) electrons. The fourth-order valence-electron chi connectivity index (χ4n) is 5.48. The minimum Gasteiger partial charge on any atom is -0.396 e. The lowest BCUT2D eigenvalue weighted by atomic mass is 9.88. The number of fused-ring (bicyclic) bond motifs is 3. The van der Waals surface area contributed by atoms with Gasteiger partial charge in [0.2, 0.25) is 5.91 Å². The Labute approximate surface area is 187 Å². The summed E-state index contributed by atoms with van der Waals surface area (Å²) in [5, 5.41) is 13.5. The van der Waals surface area contributed by atoms with E-state index in [4.69, 9.17) is 0 Å². The number of hydrogen-bond acceptors (Lipinski definition) is 5. The number of nitrogens with one attached hydrogen (secondary N) is 1. The maximum atomic E-state index is 13.3. The summed E-state index contributed by atoms with van der Waals surface area (Å²) >= 11 is 0. The van der Waals surface area contributed by atoms with Crippen molar-refractivity contribution in [3.63, 3.8) is 0 Å². The average molecular weight is 435 g/mol. The minimum atomic E-state index is -0.430. The first kappa shape index (κ1) is 21.1. The Morgan fingerprint density at radius 3 is 2.72 bits per heavy atom. The fourth-order valence-corrected chi connectivity index (χ4v) is 5.48. The van der Waals surface area contributed by atoms with Crippen molar-refractivity contribution in [1.82, 2.24) is 19.8 Å². The number of rotatable bonds is 7. The quantitative estimate of drug-likeness (QED) is 0.696. The molecule has 168 valence electrons. The van der Waals surface area contributed by atoms with Gasteiger partial charge >= 0.3 is 0 Å². The van der Waals surface area contributed by atoms with Gasteiger partial charge in [-0.1, -0.05) is 12.2 Å². The molecule has 1 saturated heterocycles. The van der Waals surface area contributed by atoms with Crippen LogP contribution >= 0.6 is 0 Å². The number of carbonyl (C=O) groups excluding carboxylic acids is 1. The summed E-state index contributed by atoms with van der Waals surface area (Å²) < 4.78 is 1.84. The highest BCUT2D eigenvalue weighted by atomic mass is 16.3. The van der Waals surface area contributed by atoms with Crippen molar-refractivity contribution in [3.05, 3.63) is 69.9 Å². The molecule has 32 heavy (non-hydrogen) atoms. The monoisotopic (exact) mass is 434 g/mol. The number of hydrogen-bond donors (Lipinski definition) is 2. The Morgan fingerprint density at radius 2 is 2.03 bits per heavy atom. The third-order valence-electron chi connectivity index (χ3n) is 7.21. The Hall–Kier alpha value is -2.77. The molecule has 0 aromatic carbocycles. The van der Waals surface area contributed by atoms with Crippen molar-refractivity contribution < 1.29 is 9.90 Å². The maximum absolute atomic E-state index is 13.3. The molecule has 5 rings (SSSR count). The number of nitrogens with zero attached hydrogens (tertiary/aromatic N) is 3. The highest BCUT2D eigenvalue weighted by Crippen LogP contribution is 2.49. The Morgan fingerprint density at radius 1 is 1.25 bits per heavy atom. The van der Waals surface area contributed by atoms with Gasteiger partial charge in [0.05, 0.1) is 12.1 Å². The molecule has 2 aromatic rings. The van der Waals surface area contributed by atoms with Crippen LogP contribution < -0.4 is 10.9 Å². The standard InChI is InChI=1S/C25H30N4O3/c1-2-3-18-6-7-21-22-19(14-28(21)25(18)32)20(15-30)23(24(31)27-12-16-4-5-16)29(22)13-17-8-10-26-11-9-17/h2-3,6-11,16,19-20,22-23,30H,4-5,12-15H2,1H3,(H,27,31)/b3-2-/t19-,20-,22+,23-/m0/s1. The predicted octanol–water partition coefficient (Wildman–Crippen LogP) is 1.97. The highest BCUT2D eigenvalue weighted by Gasteiger charge is 2.55. The summed E-state index contributed by atoms with van der Waals surface area (Å²) in [6.45, 7) is 3.60. The van der Waals surface area contributed by atoms with E-state index in [1.807, 2.05) is 47.9 Å². The Bertz CT molecular complexity index is 1080. The van der Waals surface area contributed by atoms with Crippen LogP contribution in [0.3, 0.4) is 0 Å². The number of carbonyl (C=O) groups is 1. The molecule has 0 spiro atoms. The van der Waals surface area contributed by atoms with E-state index in [0.717, 1.165) is 11.3 Å². The van der Waals surface area contributed by atoms with Crippen molar-refractivity contribution in [1.29, 1.82) is 0 Å². The van der Waals surface area contributed by atoms with Crippen molar-refractivity contribution in [2.45, 2.75) is 44.9 Å². The number of likely N-dealkylation sites (tertiary alicyclic amines) is 1. The Kier molecular flexibility index (Phi) is 5.69. The fraction of sp³-hybridized carbons (Fsp3) is 0.480. The molecule has 0 unspecified atom stereocenters. The zero-order valence-corrected chi connectivity index (χ0v) is 18.4. The van der Waals surface area contributed by atoms with E-state index >= 15 is 0 Å². The van der Waals surface area contributed by atoms with Gasteiger partial charge in [0, 0.05) is 61.7 Å². The first-order valence-corrected chi connectivity index (χ1v) is 11.5. The van der Waals surface area contributed by atoms with Crippen molar-refractivity contribution in [2.75, 3.05) is 13.2 Å². The van der Waals surface area contributed by atoms with Gasteiger partial charge < -0.3 is 15.0 Å². The van der Waals surface area contributed by atoms with Gasteiger partial charge in [0.15, 0.2) is 0 Å². The molecule has 4 heterocycles. The van der Waals surface area contributed by atoms with Crippen LogP contribution in [0.15, 0.2) is 47.5 Å². The molecular weight excluding hydrogens is 404 g/mol. The average Bonchev–Trinajstić information content (AvgIpc) is 3.48. The van der Waals surface area contributed by atoms with E-state index in [-0.39, 0.29) is 36.0 Å². The van der Waals surface area contributed by atoms with Crippen LogP contribution in [0.2, 0.25) is 0 Å². The summed E-state index contributed by atoms with van der Waals surface area (Å²) in [7, 11) is 0. The topological polar surface area (TPSA) is 87.5 Å². The van der Waals surface area contributed by atoms with Gasteiger partial charge in [0.1, 0.15) is 0 Å². The molecule has 3 aliphatic rings. The first-order chi connectivity index (χ1) is 15.6. The second kappa shape index (κ2) is 8.64. The van der Waals surface area contributed by atoms with Crippen LogP contribution in [0.1, 0.15) is 42.6 Å². The number of aliphatic hydroxyl groups excluding tert-OH is 1. The van der Waals surface area contributed by atoms with Crippen LogP contribution in [0, 0.1) is 17.8 Å². The van der Waals surface area contributed by atoms with Gasteiger partial charge in [-0.25, -0.2) is 0 Å². The second-order valence-electron chi connectivity index (χ2n) is 9.25. The normalized spacial score (nSPS) is 26.9. The van der Waals surface area contributed by atoms with Crippen LogP contribution in [0.25, 0.3) is 6.08 Å². The number of aliphatic hydroxyl groups is 1. The molecule has 7 nitrogen and oxygen atoms in total. The van der Waals surface area contributed by atoms with Crippen molar-refractivity contribution in [3.8, 4) is 0 Å². The maximum Gasteiger partial charge on any atom is 0.258 e. The Balaban J connectivity index is 1.53. The van der Waals surface area contributed by atoms with Gasteiger partial charge in [-0.2, -0.15) is 0 Å². The first-order valence-electron chi connectivity index (χ1n) is 11.5. The molecule has 1 saturated carbocycles. The van der Waals surface area contributed by atoms with Crippen LogP contribution in [0.4, 0.5) is 0 Å². The lowest BCUT2D eigenvalue weighted by molar-refractivity contribution is -0.128. The predicted molar refractivity (Wildman–Crippen MR) is 122 cm³/mol. The van der Waals surface area contributed by atoms with Crippen molar-refractivity contribution in [2.24, 2.45) is 17.8 Å². The summed E-state index contributed by atoms with van der Waals surface area (Å²) in [6.07, 6.45) is 9.55.